The number of fused-ring (bicyclic) bond motifs is 4. The number of carbonyl (C=O) groups excluding carboxylic acids is 2. The lowest BCUT2D eigenvalue weighted by Gasteiger charge is -2.56. The molecule has 7 nitrogen and oxygen atoms in total. The summed E-state index contributed by atoms with van der Waals surface area (Å²) in [7, 11) is 0. The van der Waals surface area contributed by atoms with Crippen LogP contribution >= 0.6 is 0 Å². The van der Waals surface area contributed by atoms with Crippen LogP contribution in [0.15, 0.2) is 22.2 Å². The molecule has 3 fully saturated rings. The average molecular weight is 401 g/mol. The maximum absolute atomic E-state index is 12.8. The number of nitrogens with one attached hydrogen (secondary N) is 1. The third kappa shape index (κ3) is 4.25. The quantitative estimate of drug-likeness (QED) is 0.768. The zero-order valence-corrected chi connectivity index (χ0v) is 17.7. The number of hydrogen-bond donors (Lipinski definition) is 1. The number of allylic oxidation sites excluding steroid dienone is 1. The van der Waals surface area contributed by atoms with Gasteiger partial charge in [-0.2, -0.15) is 0 Å². The number of hydrogen-bond acceptors (Lipinski definition) is 5. The van der Waals surface area contributed by atoms with Crippen LogP contribution in [0.2, 0.25) is 0 Å². The summed E-state index contributed by atoms with van der Waals surface area (Å²) in [5, 5.41) is 6.83. The van der Waals surface area contributed by atoms with Crippen LogP contribution in [0, 0.1) is 18.8 Å². The maximum Gasteiger partial charge on any atom is 0.273 e. The molecular formula is C22H32N4O3. The molecule has 0 spiro atoms. The lowest BCUT2D eigenvalue weighted by Crippen LogP contribution is -2.67. The SMILES string of the molecule is CC(C)=CCN1C[C@H]2C[C@@H](C1)[C@H](CNC(=O)c1cc(C)on1)N1C(=O)CCC[C@@H]21. The van der Waals surface area contributed by atoms with Crippen LogP contribution < -0.4 is 5.32 Å². The second-order valence-corrected chi connectivity index (χ2v) is 9.12. The first-order chi connectivity index (χ1) is 13.9. The second kappa shape index (κ2) is 8.30. The molecule has 0 aromatic carbocycles. The summed E-state index contributed by atoms with van der Waals surface area (Å²) < 4.78 is 5.02. The van der Waals surface area contributed by atoms with Crippen molar-refractivity contribution in [1.82, 2.24) is 20.3 Å². The molecule has 3 saturated heterocycles. The number of aromatic nitrogens is 1. The van der Waals surface area contributed by atoms with Crippen molar-refractivity contribution < 1.29 is 14.1 Å². The lowest BCUT2D eigenvalue weighted by molar-refractivity contribution is -0.152. The van der Waals surface area contributed by atoms with Gasteiger partial charge in [-0.15, -0.1) is 0 Å². The van der Waals surface area contributed by atoms with Crippen LogP contribution in [0.4, 0.5) is 0 Å². The third-order valence-corrected chi connectivity index (χ3v) is 6.66. The van der Waals surface area contributed by atoms with Crippen LogP contribution in [-0.2, 0) is 4.79 Å². The first kappa shape index (κ1) is 20.1. The summed E-state index contributed by atoms with van der Waals surface area (Å²) >= 11 is 0. The first-order valence-electron chi connectivity index (χ1n) is 10.8. The van der Waals surface area contributed by atoms with Crippen molar-refractivity contribution in [3.63, 3.8) is 0 Å². The lowest BCUT2D eigenvalue weighted by atomic mass is 9.72. The summed E-state index contributed by atoms with van der Waals surface area (Å²) in [5.41, 5.74) is 1.63. The van der Waals surface area contributed by atoms with Crippen LogP contribution in [0.1, 0.15) is 55.8 Å². The van der Waals surface area contributed by atoms with E-state index in [0.717, 1.165) is 38.9 Å². The summed E-state index contributed by atoms with van der Waals surface area (Å²) in [5.74, 6) is 1.56. The Hall–Kier alpha value is -2.15. The molecule has 0 unspecified atom stereocenters. The predicted molar refractivity (Wildman–Crippen MR) is 109 cm³/mol. The monoisotopic (exact) mass is 400 g/mol. The van der Waals surface area contributed by atoms with Gasteiger partial charge in [0.25, 0.3) is 5.91 Å². The zero-order chi connectivity index (χ0) is 20.5. The highest BCUT2D eigenvalue weighted by molar-refractivity contribution is 5.92. The fraction of sp³-hybridized carbons (Fsp3) is 0.682. The molecule has 3 aliphatic heterocycles. The van der Waals surface area contributed by atoms with E-state index in [4.69, 9.17) is 4.52 Å². The van der Waals surface area contributed by atoms with Gasteiger partial charge < -0.3 is 14.7 Å². The Kier molecular flexibility index (Phi) is 5.76. The summed E-state index contributed by atoms with van der Waals surface area (Å²) in [6.07, 6.45) is 6.11. The maximum atomic E-state index is 12.8. The van der Waals surface area contributed by atoms with Gasteiger partial charge in [0.05, 0.1) is 6.04 Å². The van der Waals surface area contributed by atoms with Crippen LogP contribution in [0.5, 0.6) is 0 Å². The number of piperidine rings is 3. The Balaban J connectivity index is 1.50. The van der Waals surface area contributed by atoms with Gasteiger partial charge in [0.15, 0.2) is 5.69 Å². The summed E-state index contributed by atoms with van der Waals surface area (Å²) in [6.45, 7) is 9.51. The van der Waals surface area contributed by atoms with E-state index in [1.807, 2.05) is 0 Å². The van der Waals surface area contributed by atoms with E-state index in [1.54, 1.807) is 13.0 Å². The molecule has 7 heteroatoms. The highest BCUT2D eigenvalue weighted by atomic mass is 16.5. The minimum atomic E-state index is -0.234. The molecule has 3 aliphatic rings. The molecule has 0 aliphatic carbocycles. The van der Waals surface area contributed by atoms with Gasteiger partial charge in [-0.1, -0.05) is 16.8 Å². The molecule has 2 bridgehead atoms. The molecule has 4 heterocycles. The fourth-order valence-electron chi connectivity index (χ4n) is 5.36. The topological polar surface area (TPSA) is 78.7 Å². The number of carbonyl (C=O) groups is 2. The zero-order valence-electron chi connectivity index (χ0n) is 17.7. The van der Waals surface area contributed by atoms with E-state index >= 15 is 0 Å². The standard InChI is InChI=1S/C22H32N4O3/c1-14(2)7-8-25-12-16-10-17(13-25)20(26-19(16)5-4-6-21(26)27)11-23-22(28)18-9-15(3)29-24-18/h7,9,16-17,19-20H,4-6,8,10-13H2,1-3H3,(H,23,28)/t16-,17+,19+,20+/m1/s1. The molecule has 4 rings (SSSR count). The molecular weight excluding hydrogens is 368 g/mol. The highest BCUT2D eigenvalue weighted by Gasteiger charge is 2.49. The van der Waals surface area contributed by atoms with Crippen molar-refractivity contribution in [1.29, 1.82) is 0 Å². The van der Waals surface area contributed by atoms with E-state index < -0.39 is 0 Å². The van der Waals surface area contributed by atoms with Crippen molar-refractivity contribution in [2.45, 2.75) is 58.5 Å². The smallest absolute Gasteiger partial charge is 0.273 e. The van der Waals surface area contributed by atoms with Gasteiger partial charge in [0, 0.05) is 44.7 Å². The van der Waals surface area contributed by atoms with Gasteiger partial charge in [0.1, 0.15) is 5.76 Å². The fourth-order valence-corrected chi connectivity index (χ4v) is 5.36. The molecule has 1 aromatic heterocycles. The van der Waals surface area contributed by atoms with Crippen molar-refractivity contribution in [3.05, 3.63) is 29.2 Å². The number of nitrogens with zero attached hydrogens (tertiary/aromatic N) is 3. The Bertz CT molecular complexity index is 798. The molecule has 2 amide bonds. The van der Waals surface area contributed by atoms with Gasteiger partial charge in [-0.25, -0.2) is 0 Å². The molecule has 0 radical (unpaired) electrons. The number of rotatable bonds is 5. The van der Waals surface area contributed by atoms with E-state index in [-0.39, 0.29) is 17.9 Å². The molecule has 1 N–H and O–H groups in total. The first-order valence-corrected chi connectivity index (χ1v) is 10.8. The predicted octanol–water partition coefficient (Wildman–Crippen LogP) is 2.38. The minimum absolute atomic E-state index is 0.0514. The van der Waals surface area contributed by atoms with Crippen LogP contribution in [-0.4, -0.2) is 65.0 Å². The van der Waals surface area contributed by atoms with Gasteiger partial charge >= 0.3 is 0 Å². The van der Waals surface area contributed by atoms with E-state index in [2.05, 4.69) is 40.2 Å². The molecule has 4 atom stereocenters. The van der Waals surface area contributed by atoms with E-state index in [0.29, 0.717) is 42.3 Å². The molecule has 158 valence electrons. The molecule has 0 saturated carbocycles. The van der Waals surface area contributed by atoms with Crippen LogP contribution in [0.25, 0.3) is 0 Å². The van der Waals surface area contributed by atoms with Crippen LogP contribution in [0.3, 0.4) is 0 Å². The Morgan fingerprint density at radius 2 is 2.14 bits per heavy atom. The summed E-state index contributed by atoms with van der Waals surface area (Å²) in [6, 6.07) is 2.00. The largest absolute Gasteiger partial charge is 0.361 e. The Morgan fingerprint density at radius 1 is 1.34 bits per heavy atom. The van der Waals surface area contributed by atoms with E-state index in [9.17, 15) is 9.59 Å². The normalized spacial score (nSPS) is 29.3. The summed E-state index contributed by atoms with van der Waals surface area (Å²) in [4.78, 5) is 30.0. The molecule has 29 heavy (non-hydrogen) atoms. The van der Waals surface area contributed by atoms with E-state index in [1.165, 1.54) is 5.57 Å². The van der Waals surface area contributed by atoms with Gasteiger partial charge in [0.2, 0.25) is 5.91 Å². The third-order valence-electron chi connectivity index (χ3n) is 6.66. The second-order valence-electron chi connectivity index (χ2n) is 9.12. The minimum Gasteiger partial charge on any atom is -0.361 e. The Labute approximate surface area is 172 Å². The van der Waals surface area contributed by atoms with Crippen molar-refractivity contribution in [3.8, 4) is 0 Å². The molecule has 1 aromatic rings. The van der Waals surface area contributed by atoms with Gasteiger partial charge in [-0.3, -0.25) is 14.5 Å². The van der Waals surface area contributed by atoms with Gasteiger partial charge in [-0.05, 0) is 51.9 Å². The highest BCUT2D eigenvalue weighted by Crippen LogP contribution is 2.41. The number of amides is 2. The van der Waals surface area contributed by atoms with Crippen molar-refractivity contribution >= 4 is 11.8 Å². The van der Waals surface area contributed by atoms with Crippen molar-refractivity contribution in [2.24, 2.45) is 11.8 Å². The van der Waals surface area contributed by atoms with Crippen molar-refractivity contribution in [2.75, 3.05) is 26.2 Å². The number of likely N-dealkylation sites (tertiary alicyclic amines) is 1. The average Bonchev–Trinajstić information content (AvgIpc) is 3.13. The number of aryl methyl sites for hydroxylation is 1. The Morgan fingerprint density at radius 3 is 2.86 bits per heavy atom.